The Balaban J connectivity index is 1.98. The highest BCUT2D eigenvalue weighted by Gasteiger charge is 2.07. The van der Waals surface area contributed by atoms with Gasteiger partial charge in [0, 0.05) is 22.7 Å². The zero-order chi connectivity index (χ0) is 17.5. The molecular formula is C18H15BrFNO3. The highest BCUT2D eigenvalue weighted by molar-refractivity contribution is 9.10. The summed E-state index contributed by atoms with van der Waals surface area (Å²) >= 11 is 3.30. The standard InChI is InChI=1S/C18H15BrFNO3/c19-15-10-13(3-6-17(22)23)9-14(11-15)18(24)21-8-7-12-1-4-16(20)5-2-12/h1-6,9-11H,7-8H2,(H,21,24)(H,22,23)/b6-3+. The number of carboxylic acids is 1. The minimum atomic E-state index is -1.06. The van der Waals surface area contributed by atoms with Crippen LogP contribution in [0.15, 0.2) is 53.0 Å². The number of hydrogen-bond donors (Lipinski definition) is 2. The van der Waals surface area contributed by atoms with Crippen LogP contribution in [0.2, 0.25) is 0 Å². The summed E-state index contributed by atoms with van der Waals surface area (Å²) in [5, 5.41) is 11.5. The molecule has 0 saturated carbocycles. The average Bonchev–Trinajstić information content (AvgIpc) is 2.54. The second kappa shape index (κ2) is 8.40. The summed E-state index contributed by atoms with van der Waals surface area (Å²) in [5.41, 5.74) is 1.96. The van der Waals surface area contributed by atoms with Gasteiger partial charge in [-0.25, -0.2) is 9.18 Å². The van der Waals surface area contributed by atoms with Crippen molar-refractivity contribution in [1.29, 1.82) is 0 Å². The van der Waals surface area contributed by atoms with Gasteiger partial charge in [-0.3, -0.25) is 4.79 Å². The van der Waals surface area contributed by atoms with Crippen molar-refractivity contribution >= 4 is 33.9 Å². The number of carbonyl (C=O) groups excluding carboxylic acids is 1. The third-order valence-electron chi connectivity index (χ3n) is 3.21. The molecule has 0 fully saturated rings. The van der Waals surface area contributed by atoms with Gasteiger partial charge in [-0.2, -0.15) is 0 Å². The van der Waals surface area contributed by atoms with Crippen molar-refractivity contribution in [2.24, 2.45) is 0 Å². The fourth-order valence-electron chi connectivity index (χ4n) is 2.08. The largest absolute Gasteiger partial charge is 0.478 e. The third kappa shape index (κ3) is 5.62. The first-order valence-corrected chi connectivity index (χ1v) is 7.97. The van der Waals surface area contributed by atoms with E-state index in [-0.39, 0.29) is 11.7 Å². The molecule has 0 aliphatic rings. The summed E-state index contributed by atoms with van der Waals surface area (Å²) in [5.74, 6) is -1.61. The van der Waals surface area contributed by atoms with Gasteiger partial charge < -0.3 is 10.4 Å². The van der Waals surface area contributed by atoms with Crippen molar-refractivity contribution < 1.29 is 19.1 Å². The molecule has 0 unspecified atom stereocenters. The van der Waals surface area contributed by atoms with E-state index in [1.165, 1.54) is 18.2 Å². The first kappa shape index (κ1) is 17.9. The molecule has 0 aromatic heterocycles. The molecule has 0 aliphatic heterocycles. The van der Waals surface area contributed by atoms with Crippen LogP contribution >= 0.6 is 15.9 Å². The normalized spacial score (nSPS) is 10.8. The number of aliphatic carboxylic acids is 1. The molecule has 2 rings (SSSR count). The van der Waals surface area contributed by atoms with Gasteiger partial charge in [0.15, 0.2) is 0 Å². The SMILES string of the molecule is O=C(O)/C=C/c1cc(Br)cc(C(=O)NCCc2ccc(F)cc2)c1. The van der Waals surface area contributed by atoms with Gasteiger partial charge >= 0.3 is 5.97 Å². The average molecular weight is 392 g/mol. The van der Waals surface area contributed by atoms with Gasteiger partial charge in [-0.05, 0) is 54.0 Å². The molecule has 4 nitrogen and oxygen atoms in total. The van der Waals surface area contributed by atoms with Crippen LogP contribution in [-0.2, 0) is 11.2 Å². The fourth-order valence-corrected chi connectivity index (χ4v) is 2.59. The van der Waals surface area contributed by atoms with Crippen molar-refractivity contribution in [2.45, 2.75) is 6.42 Å². The zero-order valence-electron chi connectivity index (χ0n) is 12.6. The highest BCUT2D eigenvalue weighted by atomic mass is 79.9. The maximum Gasteiger partial charge on any atom is 0.328 e. The first-order chi connectivity index (χ1) is 11.4. The van der Waals surface area contributed by atoms with Crippen LogP contribution in [0.5, 0.6) is 0 Å². The summed E-state index contributed by atoms with van der Waals surface area (Å²) in [4.78, 5) is 22.8. The second-order valence-electron chi connectivity index (χ2n) is 5.08. The van der Waals surface area contributed by atoms with Crippen molar-refractivity contribution in [3.05, 3.63) is 75.5 Å². The van der Waals surface area contributed by atoms with Crippen LogP contribution in [-0.4, -0.2) is 23.5 Å². The maximum absolute atomic E-state index is 12.8. The molecule has 1 amide bonds. The quantitative estimate of drug-likeness (QED) is 0.738. The van der Waals surface area contributed by atoms with E-state index >= 15 is 0 Å². The Morgan fingerprint density at radius 1 is 1.17 bits per heavy atom. The van der Waals surface area contributed by atoms with E-state index in [1.807, 2.05) is 0 Å². The topological polar surface area (TPSA) is 66.4 Å². The molecule has 0 spiro atoms. The Hall–Kier alpha value is -2.47. The monoisotopic (exact) mass is 391 g/mol. The van der Waals surface area contributed by atoms with Gasteiger partial charge in [-0.15, -0.1) is 0 Å². The molecule has 124 valence electrons. The molecule has 0 saturated heterocycles. The van der Waals surface area contributed by atoms with Crippen LogP contribution in [0, 0.1) is 5.82 Å². The molecule has 0 atom stereocenters. The number of hydrogen-bond acceptors (Lipinski definition) is 2. The molecule has 6 heteroatoms. The van der Waals surface area contributed by atoms with Crippen LogP contribution in [0.25, 0.3) is 6.08 Å². The van der Waals surface area contributed by atoms with E-state index in [0.29, 0.717) is 28.6 Å². The van der Waals surface area contributed by atoms with Gasteiger partial charge in [0.25, 0.3) is 5.91 Å². The van der Waals surface area contributed by atoms with E-state index in [1.54, 1.807) is 30.3 Å². The summed E-state index contributed by atoms with van der Waals surface area (Å²) < 4.78 is 13.5. The first-order valence-electron chi connectivity index (χ1n) is 7.18. The Bertz CT molecular complexity index is 772. The number of rotatable bonds is 6. The predicted molar refractivity (Wildman–Crippen MR) is 93.2 cm³/mol. The summed E-state index contributed by atoms with van der Waals surface area (Å²) in [7, 11) is 0. The fraction of sp³-hybridized carbons (Fsp3) is 0.111. The zero-order valence-corrected chi connectivity index (χ0v) is 14.2. The van der Waals surface area contributed by atoms with Gasteiger partial charge in [0.2, 0.25) is 0 Å². The molecule has 0 heterocycles. The van der Waals surface area contributed by atoms with Crippen molar-refractivity contribution in [1.82, 2.24) is 5.32 Å². The minimum absolute atomic E-state index is 0.261. The Labute approximate surface area is 147 Å². The molecule has 2 aromatic carbocycles. The highest BCUT2D eigenvalue weighted by Crippen LogP contribution is 2.17. The molecule has 2 N–H and O–H groups in total. The number of benzene rings is 2. The lowest BCUT2D eigenvalue weighted by molar-refractivity contribution is -0.131. The number of nitrogens with one attached hydrogen (secondary N) is 1. The van der Waals surface area contributed by atoms with Crippen LogP contribution < -0.4 is 5.32 Å². The van der Waals surface area contributed by atoms with E-state index in [2.05, 4.69) is 21.2 Å². The number of halogens is 2. The summed E-state index contributed by atoms with van der Waals surface area (Å²) in [6.07, 6.45) is 3.02. The number of amides is 1. The van der Waals surface area contributed by atoms with Crippen LogP contribution in [0.4, 0.5) is 4.39 Å². The van der Waals surface area contributed by atoms with E-state index in [4.69, 9.17) is 5.11 Å². The van der Waals surface area contributed by atoms with Crippen molar-refractivity contribution in [2.75, 3.05) is 6.54 Å². The lowest BCUT2D eigenvalue weighted by Crippen LogP contribution is -2.25. The molecule has 2 aromatic rings. The van der Waals surface area contributed by atoms with Crippen molar-refractivity contribution in [3.63, 3.8) is 0 Å². The Morgan fingerprint density at radius 3 is 2.54 bits per heavy atom. The van der Waals surface area contributed by atoms with E-state index < -0.39 is 5.97 Å². The van der Waals surface area contributed by atoms with Crippen LogP contribution in [0.1, 0.15) is 21.5 Å². The molecule has 24 heavy (non-hydrogen) atoms. The van der Waals surface area contributed by atoms with Gasteiger partial charge in [0.1, 0.15) is 5.82 Å². The number of carbonyl (C=O) groups is 2. The third-order valence-corrected chi connectivity index (χ3v) is 3.67. The maximum atomic E-state index is 12.8. The van der Waals surface area contributed by atoms with E-state index in [0.717, 1.165) is 11.6 Å². The lowest BCUT2D eigenvalue weighted by Gasteiger charge is -2.07. The van der Waals surface area contributed by atoms with E-state index in [9.17, 15) is 14.0 Å². The minimum Gasteiger partial charge on any atom is -0.478 e. The molecular weight excluding hydrogens is 377 g/mol. The number of carboxylic acid groups (broad SMARTS) is 1. The molecule has 0 bridgehead atoms. The Kier molecular flexibility index (Phi) is 6.26. The Morgan fingerprint density at radius 2 is 1.88 bits per heavy atom. The summed E-state index contributed by atoms with van der Waals surface area (Å²) in [6.45, 7) is 0.414. The smallest absolute Gasteiger partial charge is 0.328 e. The molecule has 0 radical (unpaired) electrons. The molecule has 0 aliphatic carbocycles. The summed E-state index contributed by atoms with van der Waals surface area (Å²) in [6, 6.07) is 11.1. The lowest BCUT2D eigenvalue weighted by atomic mass is 10.1. The van der Waals surface area contributed by atoms with Gasteiger partial charge in [0.05, 0.1) is 0 Å². The predicted octanol–water partition coefficient (Wildman–Crippen LogP) is 3.66. The second-order valence-corrected chi connectivity index (χ2v) is 5.99. The van der Waals surface area contributed by atoms with Gasteiger partial charge in [-0.1, -0.05) is 28.1 Å². The van der Waals surface area contributed by atoms with Crippen molar-refractivity contribution in [3.8, 4) is 0 Å². The van der Waals surface area contributed by atoms with Crippen LogP contribution in [0.3, 0.4) is 0 Å².